The van der Waals surface area contributed by atoms with Crippen LogP contribution in [0.3, 0.4) is 0 Å². The van der Waals surface area contributed by atoms with Crippen molar-refractivity contribution in [1.29, 1.82) is 0 Å². The van der Waals surface area contributed by atoms with Crippen LogP contribution in [0.2, 0.25) is 0 Å². The Kier molecular flexibility index (Phi) is 5.49. The lowest BCUT2D eigenvalue weighted by Crippen LogP contribution is -2.27. The van der Waals surface area contributed by atoms with E-state index in [4.69, 9.17) is 0 Å². The van der Waals surface area contributed by atoms with Gasteiger partial charge in [-0.1, -0.05) is 37.3 Å². The molecule has 0 aliphatic heterocycles. The average Bonchev–Trinajstić information content (AvgIpc) is 2.26. The van der Waals surface area contributed by atoms with E-state index in [0.717, 1.165) is 12.8 Å². The van der Waals surface area contributed by atoms with E-state index in [-0.39, 0.29) is 5.75 Å². The van der Waals surface area contributed by atoms with E-state index in [1.807, 2.05) is 25.1 Å². The van der Waals surface area contributed by atoms with Gasteiger partial charge in [0.15, 0.2) is 0 Å². The van der Waals surface area contributed by atoms with Crippen LogP contribution in [0.15, 0.2) is 30.3 Å². The first kappa shape index (κ1) is 13.2. The third kappa shape index (κ3) is 5.28. The van der Waals surface area contributed by atoms with Crippen molar-refractivity contribution in [2.24, 2.45) is 0 Å². The molecule has 0 spiro atoms. The van der Waals surface area contributed by atoms with Gasteiger partial charge in [-0.2, -0.15) is 0 Å². The molecular formula is C12H19NO2S. The summed E-state index contributed by atoms with van der Waals surface area (Å²) in [7, 11) is -3.04. The highest BCUT2D eigenvalue weighted by atomic mass is 32.2. The van der Waals surface area contributed by atoms with Crippen LogP contribution in [0.1, 0.15) is 25.3 Å². The van der Waals surface area contributed by atoms with Crippen molar-refractivity contribution in [2.45, 2.75) is 26.2 Å². The fourth-order valence-electron chi connectivity index (χ4n) is 1.51. The SMILES string of the molecule is CCCS(=O)(=O)NCCCc1ccccc1. The molecule has 0 saturated carbocycles. The van der Waals surface area contributed by atoms with Gasteiger partial charge in [-0.05, 0) is 24.8 Å². The van der Waals surface area contributed by atoms with Crippen LogP contribution in [-0.4, -0.2) is 20.7 Å². The second-order valence-corrected chi connectivity index (χ2v) is 5.73. The maximum absolute atomic E-state index is 11.3. The van der Waals surface area contributed by atoms with Crippen LogP contribution in [0, 0.1) is 0 Å². The normalized spacial score (nSPS) is 11.6. The second kappa shape index (κ2) is 6.66. The van der Waals surface area contributed by atoms with Gasteiger partial charge in [-0.15, -0.1) is 0 Å². The van der Waals surface area contributed by atoms with Crippen LogP contribution in [0.25, 0.3) is 0 Å². The molecule has 4 heteroatoms. The van der Waals surface area contributed by atoms with Gasteiger partial charge in [-0.3, -0.25) is 0 Å². The minimum absolute atomic E-state index is 0.221. The zero-order chi connectivity index (χ0) is 11.9. The van der Waals surface area contributed by atoms with Gasteiger partial charge in [0.2, 0.25) is 10.0 Å². The minimum atomic E-state index is -3.04. The zero-order valence-corrected chi connectivity index (χ0v) is 10.5. The average molecular weight is 241 g/mol. The van der Waals surface area contributed by atoms with E-state index >= 15 is 0 Å². The molecule has 0 amide bonds. The quantitative estimate of drug-likeness (QED) is 0.742. The first-order valence-corrected chi connectivity index (χ1v) is 7.30. The van der Waals surface area contributed by atoms with Crippen molar-refractivity contribution < 1.29 is 8.42 Å². The molecule has 3 nitrogen and oxygen atoms in total. The summed E-state index contributed by atoms with van der Waals surface area (Å²) < 4.78 is 25.3. The van der Waals surface area contributed by atoms with Gasteiger partial charge in [0, 0.05) is 6.54 Å². The van der Waals surface area contributed by atoms with Crippen molar-refractivity contribution in [2.75, 3.05) is 12.3 Å². The third-order valence-corrected chi connectivity index (χ3v) is 3.87. The Labute approximate surface area is 97.9 Å². The molecule has 0 bridgehead atoms. The molecule has 0 heterocycles. The van der Waals surface area contributed by atoms with Gasteiger partial charge in [0.1, 0.15) is 0 Å². The van der Waals surface area contributed by atoms with E-state index in [2.05, 4.69) is 16.9 Å². The van der Waals surface area contributed by atoms with Crippen molar-refractivity contribution in [3.8, 4) is 0 Å². The van der Waals surface area contributed by atoms with Crippen molar-refractivity contribution >= 4 is 10.0 Å². The molecule has 0 atom stereocenters. The van der Waals surface area contributed by atoms with Crippen LogP contribution in [-0.2, 0) is 16.4 Å². The smallest absolute Gasteiger partial charge is 0.211 e. The Hall–Kier alpha value is -0.870. The van der Waals surface area contributed by atoms with Crippen LogP contribution >= 0.6 is 0 Å². The summed E-state index contributed by atoms with van der Waals surface area (Å²) in [5, 5.41) is 0. The van der Waals surface area contributed by atoms with E-state index < -0.39 is 10.0 Å². The Balaban J connectivity index is 2.22. The van der Waals surface area contributed by atoms with Crippen LogP contribution in [0.5, 0.6) is 0 Å². The summed E-state index contributed by atoms with van der Waals surface area (Å²) in [5.41, 5.74) is 1.25. The Morgan fingerprint density at radius 2 is 1.88 bits per heavy atom. The van der Waals surface area contributed by atoms with Crippen LogP contribution < -0.4 is 4.72 Å². The molecule has 1 N–H and O–H groups in total. The zero-order valence-electron chi connectivity index (χ0n) is 9.65. The summed E-state index contributed by atoms with van der Waals surface area (Å²) in [6, 6.07) is 10.1. The lowest BCUT2D eigenvalue weighted by atomic mass is 10.1. The maximum atomic E-state index is 11.3. The van der Waals surface area contributed by atoms with E-state index in [1.54, 1.807) is 0 Å². The lowest BCUT2D eigenvalue weighted by molar-refractivity contribution is 0.577. The Morgan fingerprint density at radius 3 is 2.50 bits per heavy atom. The summed E-state index contributed by atoms with van der Waals surface area (Å²) in [6.45, 7) is 2.39. The van der Waals surface area contributed by atoms with E-state index in [0.29, 0.717) is 13.0 Å². The number of hydrogen-bond donors (Lipinski definition) is 1. The van der Waals surface area contributed by atoms with Crippen LogP contribution in [0.4, 0.5) is 0 Å². The van der Waals surface area contributed by atoms with Gasteiger partial charge in [0.25, 0.3) is 0 Å². The third-order valence-electron chi connectivity index (χ3n) is 2.28. The number of aryl methyl sites for hydroxylation is 1. The highest BCUT2D eigenvalue weighted by Crippen LogP contribution is 2.01. The molecule has 1 aromatic carbocycles. The summed E-state index contributed by atoms with van der Waals surface area (Å²) >= 11 is 0. The van der Waals surface area contributed by atoms with Gasteiger partial charge < -0.3 is 0 Å². The summed E-state index contributed by atoms with van der Waals surface area (Å²) in [4.78, 5) is 0. The maximum Gasteiger partial charge on any atom is 0.211 e. The number of rotatable bonds is 7. The fourth-order valence-corrected chi connectivity index (χ4v) is 2.64. The molecule has 16 heavy (non-hydrogen) atoms. The molecule has 0 radical (unpaired) electrons. The van der Waals surface area contributed by atoms with E-state index in [9.17, 15) is 8.42 Å². The molecule has 1 rings (SSSR count). The molecule has 90 valence electrons. The Morgan fingerprint density at radius 1 is 1.19 bits per heavy atom. The second-order valence-electron chi connectivity index (χ2n) is 3.80. The highest BCUT2D eigenvalue weighted by molar-refractivity contribution is 7.89. The fraction of sp³-hybridized carbons (Fsp3) is 0.500. The van der Waals surface area contributed by atoms with Crippen molar-refractivity contribution in [1.82, 2.24) is 4.72 Å². The molecule has 1 aromatic rings. The minimum Gasteiger partial charge on any atom is -0.215 e. The molecule has 0 saturated heterocycles. The summed E-state index contributed by atoms with van der Waals surface area (Å²) in [6.07, 6.45) is 2.41. The standard InChI is InChI=1S/C12H19NO2S/c1-2-11-16(14,15)13-10-6-9-12-7-4-3-5-8-12/h3-5,7-8,13H,2,6,9-11H2,1H3. The first-order chi connectivity index (χ1) is 7.64. The molecule has 0 aliphatic carbocycles. The molecule has 0 unspecified atom stereocenters. The molecular weight excluding hydrogens is 222 g/mol. The highest BCUT2D eigenvalue weighted by Gasteiger charge is 2.06. The van der Waals surface area contributed by atoms with Gasteiger partial charge in [0.05, 0.1) is 5.75 Å². The van der Waals surface area contributed by atoms with Gasteiger partial charge >= 0.3 is 0 Å². The number of sulfonamides is 1. The predicted octanol–water partition coefficient (Wildman–Crippen LogP) is 1.95. The molecule has 0 aromatic heterocycles. The number of hydrogen-bond acceptors (Lipinski definition) is 2. The Bertz CT molecular complexity index is 387. The summed E-state index contributed by atoms with van der Waals surface area (Å²) in [5.74, 6) is 0.221. The van der Waals surface area contributed by atoms with E-state index in [1.165, 1.54) is 5.56 Å². The molecule has 0 fully saturated rings. The van der Waals surface area contributed by atoms with Crippen molar-refractivity contribution in [3.63, 3.8) is 0 Å². The number of nitrogens with one attached hydrogen (secondary N) is 1. The number of benzene rings is 1. The predicted molar refractivity (Wildman–Crippen MR) is 66.8 cm³/mol. The first-order valence-electron chi connectivity index (χ1n) is 5.65. The lowest BCUT2D eigenvalue weighted by Gasteiger charge is -2.05. The topological polar surface area (TPSA) is 46.2 Å². The monoisotopic (exact) mass is 241 g/mol. The van der Waals surface area contributed by atoms with Gasteiger partial charge in [-0.25, -0.2) is 13.1 Å². The van der Waals surface area contributed by atoms with Crippen molar-refractivity contribution in [3.05, 3.63) is 35.9 Å². The molecule has 0 aliphatic rings. The largest absolute Gasteiger partial charge is 0.215 e.